The van der Waals surface area contributed by atoms with E-state index in [4.69, 9.17) is 14.2 Å². The van der Waals surface area contributed by atoms with Crippen molar-refractivity contribution in [1.82, 2.24) is 5.32 Å². The SMILES string of the molecule is Cc1ccc(OCC(=O)NC(C)c2ccc3c(c2)OCCO3)c(Br)c1. The van der Waals surface area contributed by atoms with Crippen molar-refractivity contribution in [3.63, 3.8) is 0 Å². The van der Waals surface area contributed by atoms with Gasteiger partial charge in [0.25, 0.3) is 5.91 Å². The first-order valence-corrected chi connectivity index (χ1v) is 8.90. The maximum absolute atomic E-state index is 12.2. The van der Waals surface area contributed by atoms with Crippen molar-refractivity contribution in [2.75, 3.05) is 19.8 Å². The lowest BCUT2D eigenvalue weighted by Crippen LogP contribution is -2.31. The standard InChI is InChI=1S/C19H20BrNO4/c1-12-3-5-16(15(20)9-12)25-11-19(22)21-13(2)14-4-6-17-18(10-14)24-8-7-23-17/h3-6,9-10,13H,7-8,11H2,1-2H3,(H,21,22). The molecule has 2 aromatic carbocycles. The van der Waals surface area contributed by atoms with Gasteiger partial charge in [0.05, 0.1) is 10.5 Å². The number of aryl methyl sites for hydroxylation is 1. The zero-order chi connectivity index (χ0) is 17.8. The normalized spacial score (nSPS) is 13.9. The Bertz CT molecular complexity index is 778. The fourth-order valence-electron chi connectivity index (χ4n) is 2.56. The molecule has 0 radical (unpaired) electrons. The Hall–Kier alpha value is -2.21. The highest BCUT2D eigenvalue weighted by Crippen LogP contribution is 2.32. The number of rotatable bonds is 5. The number of carbonyl (C=O) groups is 1. The van der Waals surface area contributed by atoms with Crippen molar-refractivity contribution in [3.05, 3.63) is 52.0 Å². The van der Waals surface area contributed by atoms with Crippen LogP contribution in [-0.2, 0) is 4.79 Å². The van der Waals surface area contributed by atoms with Gasteiger partial charge in [-0.1, -0.05) is 12.1 Å². The highest BCUT2D eigenvalue weighted by atomic mass is 79.9. The van der Waals surface area contributed by atoms with Crippen LogP contribution in [-0.4, -0.2) is 25.7 Å². The third-order valence-electron chi connectivity index (χ3n) is 3.89. The maximum Gasteiger partial charge on any atom is 0.258 e. The number of carbonyl (C=O) groups excluding carboxylic acids is 1. The van der Waals surface area contributed by atoms with Crippen molar-refractivity contribution >= 4 is 21.8 Å². The van der Waals surface area contributed by atoms with Gasteiger partial charge in [0.1, 0.15) is 19.0 Å². The predicted octanol–water partition coefficient (Wildman–Crippen LogP) is 3.78. The molecule has 2 aromatic rings. The van der Waals surface area contributed by atoms with E-state index in [9.17, 15) is 4.79 Å². The van der Waals surface area contributed by atoms with Crippen LogP contribution >= 0.6 is 15.9 Å². The minimum absolute atomic E-state index is 0.0451. The molecule has 0 aliphatic carbocycles. The lowest BCUT2D eigenvalue weighted by Gasteiger charge is -2.21. The molecule has 25 heavy (non-hydrogen) atoms. The van der Waals surface area contributed by atoms with E-state index >= 15 is 0 Å². The summed E-state index contributed by atoms with van der Waals surface area (Å²) in [5.41, 5.74) is 2.07. The minimum atomic E-state index is -0.185. The summed E-state index contributed by atoms with van der Waals surface area (Å²) in [5.74, 6) is 1.91. The molecule has 1 aliphatic heterocycles. The summed E-state index contributed by atoms with van der Waals surface area (Å²) >= 11 is 3.44. The number of ether oxygens (including phenoxy) is 3. The highest BCUT2D eigenvalue weighted by Gasteiger charge is 2.16. The molecule has 1 heterocycles. The summed E-state index contributed by atoms with van der Waals surface area (Å²) in [7, 11) is 0. The molecule has 1 unspecified atom stereocenters. The molecule has 0 saturated heterocycles. The molecule has 132 valence electrons. The fraction of sp³-hybridized carbons (Fsp3) is 0.316. The fourth-order valence-corrected chi connectivity index (χ4v) is 3.17. The first-order valence-electron chi connectivity index (χ1n) is 8.11. The Kier molecular flexibility index (Phi) is 5.48. The largest absolute Gasteiger partial charge is 0.486 e. The van der Waals surface area contributed by atoms with E-state index < -0.39 is 0 Å². The number of nitrogens with one attached hydrogen (secondary N) is 1. The molecular formula is C19H20BrNO4. The van der Waals surface area contributed by atoms with Crippen LogP contribution in [0.5, 0.6) is 17.2 Å². The molecule has 1 aliphatic rings. The molecule has 0 saturated carbocycles. The van der Waals surface area contributed by atoms with Gasteiger partial charge in [0.2, 0.25) is 0 Å². The van der Waals surface area contributed by atoms with Crippen molar-refractivity contribution in [3.8, 4) is 17.2 Å². The number of halogens is 1. The van der Waals surface area contributed by atoms with Gasteiger partial charge in [-0.3, -0.25) is 4.79 Å². The second kappa shape index (κ2) is 7.78. The Morgan fingerprint density at radius 1 is 1.20 bits per heavy atom. The number of fused-ring (bicyclic) bond motifs is 1. The molecule has 1 N–H and O–H groups in total. The van der Waals surface area contributed by atoms with Gasteiger partial charge in [-0.2, -0.15) is 0 Å². The van der Waals surface area contributed by atoms with Gasteiger partial charge in [-0.15, -0.1) is 0 Å². The zero-order valence-corrected chi connectivity index (χ0v) is 15.8. The van der Waals surface area contributed by atoms with Crippen LogP contribution < -0.4 is 19.5 Å². The third-order valence-corrected chi connectivity index (χ3v) is 4.51. The lowest BCUT2D eigenvalue weighted by atomic mass is 10.1. The number of hydrogen-bond donors (Lipinski definition) is 1. The number of amides is 1. The van der Waals surface area contributed by atoms with Crippen LogP contribution in [0.15, 0.2) is 40.9 Å². The van der Waals surface area contributed by atoms with E-state index in [1.165, 1.54) is 0 Å². The summed E-state index contributed by atoms with van der Waals surface area (Å²) in [6.45, 7) is 4.97. The van der Waals surface area contributed by atoms with Gasteiger partial charge in [0, 0.05) is 0 Å². The van der Waals surface area contributed by atoms with Gasteiger partial charge >= 0.3 is 0 Å². The van der Waals surface area contributed by atoms with Crippen molar-refractivity contribution in [2.24, 2.45) is 0 Å². The van der Waals surface area contributed by atoms with Gasteiger partial charge in [0.15, 0.2) is 18.1 Å². The van der Waals surface area contributed by atoms with Crippen molar-refractivity contribution in [1.29, 1.82) is 0 Å². The summed E-state index contributed by atoms with van der Waals surface area (Å²) in [5, 5.41) is 2.93. The number of benzene rings is 2. The molecule has 0 fully saturated rings. The molecular weight excluding hydrogens is 386 g/mol. The average molecular weight is 406 g/mol. The summed E-state index contributed by atoms with van der Waals surface area (Å²) in [4.78, 5) is 12.2. The summed E-state index contributed by atoms with van der Waals surface area (Å²) in [6, 6.07) is 11.3. The molecule has 0 aromatic heterocycles. The Labute approximate surface area is 155 Å². The zero-order valence-electron chi connectivity index (χ0n) is 14.2. The molecule has 1 atom stereocenters. The summed E-state index contributed by atoms with van der Waals surface area (Å²) < 4.78 is 17.5. The van der Waals surface area contributed by atoms with Crippen LogP contribution in [0.1, 0.15) is 24.1 Å². The van der Waals surface area contributed by atoms with E-state index in [-0.39, 0.29) is 18.6 Å². The van der Waals surface area contributed by atoms with Crippen LogP contribution in [0.3, 0.4) is 0 Å². The van der Waals surface area contributed by atoms with Crippen LogP contribution in [0.25, 0.3) is 0 Å². The molecule has 0 bridgehead atoms. The van der Waals surface area contributed by atoms with E-state index in [0.717, 1.165) is 21.3 Å². The first-order chi connectivity index (χ1) is 12.0. The molecule has 6 heteroatoms. The maximum atomic E-state index is 12.2. The minimum Gasteiger partial charge on any atom is -0.486 e. The number of hydrogen-bond acceptors (Lipinski definition) is 4. The van der Waals surface area contributed by atoms with Crippen LogP contribution in [0.2, 0.25) is 0 Å². The smallest absolute Gasteiger partial charge is 0.258 e. The highest BCUT2D eigenvalue weighted by molar-refractivity contribution is 9.10. The first kappa shape index (κ1) is 17.6. The second-order valence-electron chi connectivity index (χ2n) is 5.91. The Balaban J connectivity index is 1.57. The summed E-state index contributed by atoms with van der Waals surface area (Å²) in [6.07, 6.45) is 0. The van der Waals surface area contributed by atoms with E-state index in [1.54, 1.807) is 0 Å². The second-order valence-corrected chi connectivity index (χ2v) is 6.77. The molecule has 5 nitrogen and oxygen atoms in total. The predicted molar refractivity (Wildman–Crippen MR) is 98.4 cm³/mol. The Morgan fingerprint density at radius 2 is 1.96 bits per heavy atom. The van der Waals surface area contributed by atoms with E-state index in [1.807, 2.05) is 50.2 Å². The van der Waals surface area contributed by atoms with Crippen LogP contribution in [0, 0.1) is 6.92 Å². The molecule has 3 rings (SSSR count). The van der Waals surface area contributed by atoms with Crippen molar-refractivity contribution in [2.45, 2.75) is 19.9 Å². The van der Waals surface area contributed by atoms with Gasteiger partial charge in [-0.25, -0.2) is 0 Å². The van der Waals surface area contributed by atoms with Crippen LogP contribution in [0.4, 0.5) is 0 Å². The third kappa shape index (κ3) is 4.45. The average Bonchev–Trinajstić information content (AvgIpc) is 2.60. The van der Waals surface area contributed by atoms with Gasteiger partial charge < -0.3 is 19.5 Å². The Morgan fingerprint density at radius 3 is 2.72 bits per heavy atom. The van der Waals surface area contributed by atoms with Crippen molar-refractivity contribution < 1.29 is 19.0 Å². The quantitative estimate of drug-likeness (QED) is 0.821. The van der Waals surface area contributed by atoms with E-state index in [2.05, 4.69) is 21.2 Å². The monoisotopic (exact) mass is 405 g/mol. The van der Waals surface area contributed by atoms with Gasteiger partial charge in [-0.05, 0) is 65.2 Å². The molecule has 0 spiro atoms. The van der Waals surface area contributed by atoms with E-state index in [0.29, 0.717) is 24.7 Å². The topological polar surface area (TPSA) is 56.8 Å². The lowest BCUT2D eigenvalue weighted by molar-refractivity contribution is -0.123. The molecule has 1 amide bonds.